The standard InChI is InChI=1S/C18H27NO6S2/c1-2-15-7-9-17(10-8-15)27(24,25)19(12-5-3-4-6-18(20)21)16-11-13-26(22,23)14-16/h7-10,16H,2-6,11-14H2,1H3,(H,20,21)/t16-/m1/s1. The van der Waals surface area contributed by atoms with Crippen molar-refractivity contribution in [3.8, 4) is 0 Å². The summed E-state index contributed by atoms with van der Waals surface area (Å²) in [6.07, 6.45) is 2.68. The van der Waals surface area contributed by atoms with Crippen LogP contribution in [0.25, 0.3) is 0 Å². The largest absolute Gasteiger partial charge is 0.481 e. The van der Waals surface area contributed by atoms with Crippen LogP contribution in [0.15, 0.2) is 29.2 Å². The third-order valence-electron chi connectivity index (χ3n) is 4.82. The van der Waals surface area contributed by atoms with Crippen LogP contribution in [0.4, 0.5) is 0 Å². The summed E-state index contributed by atoms with van der Waals surface area (Å²) in [5.41, 5.74) is 1.03. The lowest BCUT2D eigenvalue weighted by atomic mass is 10.2. The van der Waals surface area contributed by atoms with Crippen LogP contribution in [0, 0.1) is 0 Å². The van der Waals surface area contributed by atoms with Gasteiger partial charge in [-0.15, -0.1) is 0 Å². The Labute approximate surface area is 161 Å². The van der Waals surface area contributed by atoms with E-state index in [2.05, 4.69) is 0 Å². The molecule has 0 aromatic heterocycles. The first-order valence-corrected chi connectivity index (χ1v) is 12.4. The Bertz CT molecular complexity index is 846. The number of sulfone groups is 1. The SMILES string of the molecule is CCc1ccc(S(=O)(=O)N(CCCCCC(=O)O)[C@@H]2CCS(=O)(=O)C2)cc1. The molecule has 0 spiro atoms. The van der Waals surface area contributed by atoms with Crippen LogP contribution in [-0.2, 0) is 31.1 Å². The van der Waals surface area contributed by atoms with Crippen molar-refractivity contribution in [2.24, 2.45) is 0 Å². The average Bonchev–Trinajstić information content (AvgIpc) is 2.97. The van der Waals surface area contributed by atoms with Gasteiger partial charge in [-0.1, -0.05) is 25.5 Å². The minimum atomic E-state index is -3.81. The van der Waals surface area contributed by atoms with Crippen LogP contribution >= 0.6 is 0 Å². The Morgan fingerprint density at radius 3 is 2.37 bits per heavy atom. The fourth-order valence-electron chi connectivity index (χ4n) is 3.25. The normalized spacial score (nSPS) is 19.4. The summed E-state index contributed by atoms with van der Waals surface area (Å²) < 4.78 is 51.3. The molecule has 27 heavy (non-hydrogen) atoms. The Balaban J connectivity index is 2.17. The second-order valence-electron chi connectivity index (χ2n) is 6.87. The summed E-state index contributed by atoms with van der Waals surface area (Å²) in [5, 5.41) is 8.70. The molecule has 1 heterocycles. The maximum absolute atomic E-state index is 13.1. The molecule has 0 aliphatic carbocycles. The number of rotatable bonds is 10. The van der Waals surface area contributed by atoms with Crippen LogP contribution in [0.2, 0.25) is 0 Å². The molecule has 0 saturated carbocycles. The van der Waals surface area contributed by atoms with Gasteiger partial charge in [0.15, 0.2) is 9.84 Å². The van der Waals surface area contributed by atoms with Gasteiger partial charge in [-0.3, -0.25) is 4.79 Å². The molecule has 9 heteroatoms. The first kappa shape index (κ1) is 21.8. The Kier molecular flexibility index (Phi) is 7.41. The Hall–Kier alpha value is -1.45. The third-order valence-corrected chi connectivity index (χ3v) is 8.54. The molecule has 2 rings (SSSR count). The topological polar surface area (TPSA) is 109 Å². The van der Waals surface area contributed by atoms with E-state index in [1.165, 1.54) is 4.31 Å². The van der Waals surface area contributed by atoms with Gasteiger partial charge in [-0.25, -0.2) is 16.8 Å². The van der Waals surface area contributed by atoms with Gasteiger partial charge in [0.05, 0.1) is 16.4 Å². The number of carboxylic acid groups (broad SMARTS) is 1. The third kappa shape index (κ3) is 6.02. The lowest BCUT2D eigenvalue weighted by Gasteiger charge is -2.27. The Morgan fingerprint density at radius 1 is 1.19 bits per heavy atom. The van der Waals surface area contributed by atoms with Crippen molar-refractivity contribution >= 4 is 25.8 Å². The zero-order chi connectivity index (χ0) is 20.1. The van der Waals surface area contributed by atoms with Crippen molar-refractivity contribution in [1.82, 2.24) is 4.31 Å². The molecule has 1 aromatic rings. The summed E-state index contributed by atoms with van der Waals surface area (Å²) >= 11 is 0. The van der Waals surface area contributed by atoms with E-state index in [0.29, 0.717) is 25.7 Å². The number of aliphatic carboxylic acids is 1. The number of hydrogen-bond donors (Lipinski definition) is 1. The first-order chi connectivity index (χ1) is 12.7. The highest BCUT2D eigenvalue weighted by Gasteiger charge is 2.38. The van der Waals surface area contributed by atoms with E-state index in [1.54, 1.807) is 24.3 Å². The van der Waals surface area contributed by atoms with Crippen LogP contribution < -0.4 is 0 Å². The van der Waals surface area contributed by atoms with E-state index in [1.807, 2.05) is 6.92 Å². The molecular formula is C18H27NO6S2. The number of nitrogens with zero attached hydrogens (tertiary/aromatic N) is 1. The van der Waals surface area contributed by atoms with Crippen molar-refractivity contribution < 1.29 is 26.7 Å². The molecule has 1 saturated heterocycles. The second kappa shape index (κ2) is 9.16. The molecule has 0 bridgehead atoms. The lowest BCUT2D eigenvalue weighted by molar-refractivity contribution is -0.137. The average molecular weight is 418 g/mol. The maximum atomic E-state index is 13.1. The minimum absolute atomic E-state index is 0.00251. The molecule has 1 fully saturated rings. The molecule has 7 nitrogen and oxygen atoms in total. The second-order valence-corrected chi connectivity index (χ2v) is 11.0. The van der Waals surface area contributed by atoms with Gasteiger partial charge in [-0.05, 0) is 43.4 Å². The van der Waals surface area contributed by atoms with E-state index < -0.39 is 31.9 Å². The number of benzene rings is 1. The van der Waals surface area contributed by atoms with Gasteiger partial charge in [0, 0.05) is 19.0 Å². The molecule has 0 unspecified atom stereocenters. The summed E-state index contributed by atoms with van der Waals surface area (Å²) in [6.45, 7) is 2.17. The van der Waals surface area contributed by atoms with Crippen LogP contribution in [0.3, 0.4) is 0 Å². The first-order valence-electron chi connectivity index (χ1n) is 9.18. The van der Waals surface area contributed by atoms with Crippen molar-refractivity contribution in [3.63, 3.8) is 0 Å². The number of aryl methyl sites for hydroxylation is 1. The summed E-state index contributed by atoms with van der Waals surface area (Å²) in [7, 11) is -7.03. The van der Waals surface area contributed by atoms with Crippen molar-refractivity contribution in [2.75, 3.05) is 18.1 Å². The fraction of sp³-hybridized carbons (Fsp3) is 0.611. The van der Waals surface area contributed by atoms with Crippen molar-refractivity contribution in [1.29, 1.82) is 0 Å². The number of hydrogen-bond acceptors (Lipinski definition) is 5. The predicted molar refractivity (Wildman–Crippen MR) is 103 cm³/mol. The molecule has 1 N–H and O–H groups in total. The Morgan fingerprint density at radius 2 is 1.85 bits per heavy atom. The molecule has 0 amide bonds. The predicted octanol–water partition coefficient (Wildman–Crippen LogP) is 2.07. The molecule has 1 aliphatic heterocycles. The number of carboxylic acids is 1. The van der Waals surface area contributed by atoms with Crippen LogP contribution in [-0.4, -0.2) is 56.3 Å². The summed E-state index contributed by atoms with van der Waals surface area (Å²) in [5.74, 6) is -1.04. The van der Waals surface area contributed by atoms with Gasteiger partial charge in [0.1, 0.15) is 0 Å². The molecule has 0 radical (unpaired) electrons. The zero-order valence-electron chi connectivity index (χ0n) is 15.5. The monoisotopic (exact) mass is 417 g/mol. The van der Waals surface area contributed by atoms with Gasteiger partial charge in [0.25, 0.3) is 0 Å². The summed E-state index contributed by atoms with van der Waals surface area (Å²) in [6, 6.07) is 6.10. The van der Waals surface area contributed by atoms with Crippen LogP contribution in [0.1, 0.15) is 44.6 Å². The van der Waals surface area contributed by atoms with E-state index in [0.717, 1.165) is 12.0 Å². The van der Waals surface area contributed by atoms with Gasteiger partial charge < -0.3 is 5.11 Å². The summed E-state index contributed by atoms with van der Waals surface area (Å²) in [4.78, 5) is 10.8. The fourth-order valence-corrected chi connectivity index (χ4v) is 6.77. The lowest BCUT2D eigenvalue weighted by Crippen LogP contribution is -2.41. The van der Waals surface area contributed by atoms with Gasteiger partial charge in [0.2, 0.25) is 10.0 Å². The quantitative estimate of drug-likeness (QED) is 0.584. The van der Waals surface area contributed by atoms with Gasteiger partial charge in [-0.2, -0.15) is 4.31 Å². The highest BCUT2D eigenvalue weighted by Crippen LogP contribution is 2.26. The van der Waals surface area contributed by atoms with E-state index in [4.69, 9.17) is 5.11 Å². The van der Waals surface area contributed by atoms with E-state index in [-0.39, 0.29) is 29.4 Å². The smallest absolute Gasteiger partial charge is 0.303 e. The minimum Gasteiger partial charge on any atom is -0.481 e. The van der Waals surface area contributed by atoms with Gasteiger partial charge >= 0.3 is 5.97 Å². The number of sulfonamides is 1. The van der Waals surface area contributed by atoms with Crippen LogP contribution in [0.5, 0.6) is 0 Å². The van der Waals surface area contributed by atoms with E-state index >= 15 is 0 Å². The highest BCUT2D eigenvalue weighted by molar-refractivity contribution is 7.92. The van der Waals surface area contributed by atoms with E-state index in [9.17, 15) is 21.6 Å². The number of unbranched alkanes of at least 4 members (excludes halogenated alkanes) is 2. The number of carbonyl (C=O) groups is 1. The zero-order valence-corrected chi connectivity index (χ0v) is 17.1. The highest BCUT2D eigenvalue weighted by atomic mass is 32.2. The molecular weight excluding hydrogens is 390 g/mol. The van der Waals surface area contributed by atoms with Crippen molar-refractivity contribution in [3.05, 3.63) is 29.8 Å². The molecule has 1 aliphatic rings. The molecule has 1 atom stereocenters. The molecule has 1 aromatic carbocycles. The molecule has 152 valence electrons. The maximum Gasteiger partial charge on any atom is 0.303 e. The van der Waals surface area contributed by atoms with Crippen molar-refractivity contribution in [2.45, 2.75) is 56.4 Å².